The maximum absolute atomic E-state index is 11.3. The maximum atomic E-state index is 11.3. The molecule has 84 valence electrons. The van der Waals surface area contributed by atoms with Crippen LogP contribution in [0.5, 0.6) is 5.75 Å². The molecule has 0 unspecified atom stereocenters. The van der Waals surface area contributed by atoms with Crippen LogP contribution in [0.2, 0.25) is 0 Å². The fraction of sp³-hybridized carbons (Fsp3) is 0.250. The average molecular weight is 235 g/mol. The number of hydrogen-bond donors (Lipinski definition) is 1. The highest BCUT2D eigenvalue weighted by molar-refractivity contribution is 8.13. The van der Waals surface area contributed by atoms with Crippen LogP contribution in [0.3, 0.4) is 0 Å². The third-order valence-corrected chi connectivity index (χ3v) is 2.33. The minimum absolute atomic E-state index is 0.0726. The van der Waals surface area contributed by atoms with E-state index < -0.39 is 0 Å². The van der Waals surface area contributed by atoms with Crippen molar-refractivity contribution >= 4 is 22.7 Å². The minimum Gasteiger partial charge on any atom is -0.481 e. The summed E-state index contributed by atoms with van der Waals surface area (Å²) >= 11 is 1.23. The Morgan fingerprint density at radius 2 is 2.44 bits per heavy atom. The second-order valence-electron chi connectivity index (χ2n) is 2.87. The van der Waals surface area contributed by atoms with Crippen molar-refractivity contribution in [1.29, 1.82) is 0 Å². The van der Waals surface area contributed by atoms with Crippen LogP contribution in [0.25, 0.3) is 0 Å². The molecule has 16 heavy (non-hydrogen) atoms. The van der Waals surface area contributed by atoms with E-state index in [4.69, 9.17) is 11.2 Å². The molecule has 1 aromatic carbocycles. The molecule has 0 radical (unpaired) electrons. The molecule has 0 aliphatic rings. The smallest absolute Gasteiger partial charge is 0.283 e. The Morgan fingerprint density at radius 3 is 3.12 bits per heavy atom. The lowest BCUT2D eigenvalue weighted by molar-refractivity contribution is 0.270. The SMILES string of the molecule is C#CCOc1cccc(NC(=O)SCC)c1. The predicted molar refractivity (Wildman–Crippen MR) is 67.9 cm³/mol. The summed E-state index contributed by atoms with van der Waals surface area (Å²) in [7, 11) is 0. The van der Waals surface area contributed by atoms with Gasteiger partial charge >= 0.3 is 0 Å². The van der Waals surface area contributed by atoms with E-state index in [2.05, 4.69) is 11.2 Å². The first kappa shape index (κ1) is 12.5. The first-order valence-corrected chi connectivity index (χ1v) is 5.85. The number of terminal acetylenes is 1. The average Bonchev–Trinajstić information content (AvgIpc) is 2.27. The molecule has 0 aromatic heterocycles. The summed E-state index contributed by atoms with van der Waals surface area (Å²) in [4.78, 5) is 11.3. The van der Waals surface area contributed by atoms with Crippen LogP contribution in [0.1, 0.15) is 6.92 Å². The zero-order valence-electron chi connectivity index (χ0n) is 9.03. The van der Waals surface area contributed by atoms with Crippen LogP contribution >= 0.6 is 11.8 Å². The molecule has 0 aliphatic carbocycles. The molecule has 0 bridgehead atoms. The van der Waals surface area contributed by atoms with Crippen LogP contribution in [0.4, 0.5) is 10.5 Å². The van der Waals surface area contributed by atoms with E-state index in [1.807, 2.05) is 6.92 Å². The minimum atomic E-state index is -0.0726. The van der Waals surface area contributed by atoms with Crippen molar-refractivity contribution in [1.82, 2.24) is 0 Å². The van der Waals surface area contributed by atoms with Crippen LogP contribution in [-0.2, 0) is 0 Å². The lowest BCUT2D eigenvalue weighted by Crippen LogP contribution is -2.05. The van der Waals surface area contributed by atoms with Gasteiger partial charge in [-0.05, 0) is 17.9 Å². The van der Waals surface area contributed by atoms with Gasteiger partial charge in [0.1, 0.15) is 12.4 Å². The molecule has 0 saturated carbocycles. The molecular formula is C12H13NO2S. The Bertz CT molecular complexity index is 398. The van der Waals surface area contributed by atoms with Crippen LogP contribution < -0.4 is 10.1 Å². The largest absolute Gasteiger partial charge is 0.481 e. The first-order chi connectivity index (χ1) is 7.76. The van der Waals surface area contributed by atoms with Gasteiger partial charge in [-0.2, -0.15) is 0 Å². The highest BCUT2D eigenvalue weighted by Gasteiger charge is 2.02. The van der Waals surface area contributed by atoms with E-state index in [0.29, 0.717) is 11.4 Å². The number of rotatable bonds is 4. The van der Waals surface area contributed by atoms with Gasteiger partial charge in [0, 0.05) is 11.8 Å². The van der Waals surface area contributed by atoms with Crippen molar-refractivity contribution in [3.05, 3.63) is 24.3 Å². The van der Waals surface area contributed by atoms with Crippen LogP contribution in [0, 0.1) is 12.3 Å². The second kappa shape index (κ2) is 6.81. The Kier molecular flexibility index (Phi) is 5.30. The third kappa shape index (κ3) is 4.28. The van der Waals surface area contributed by atoms with E-state index in [0.717, 1.165) is 5.75 Å². The summed E-state index contributed by atoms with van der Waals surface area (Å²) in [5.41, 5.74) is 0.709. The van der Waals surface area contributed by atoms with Gasteiger partial charge in [0.05, 0.1) is 0 Å². The number of thioether (sulfide) groups is 1. The second-order valence-corrected chi connectivity index (χ2v) is 4.10. The van der Waals surface area contributed by atoms with Crippen molar-refractivity contribution in [2.24, 2.45) is 0 Å². The number of carbonyl (C=O) groups is 1. The highest BCUT2D eigenvalue weighted by atomic mass is 32.2. The topological polar surface area (TPSA) is 38.3 Å². The van der Waals surface area contributed by atoms with Crippen molar-refractivity contribution in [3.8, 4) is 18.1 Å². The summed E-state index contributed by atoms with van der Waals surface area (Å²) in [6.07, 6.45) is 5.09. The fourth-order valence-corrected chi connectivity index (χ4v) is 1.53. The molecule has 0 saturated heterocycles. The molecule has 1 N–H and O–H groups in total. The van der Waals surface area contributed by atoms with Crippen molar-refractivity contribution in [3.63, 3.8) is 0 Å². The van der Waals surface area contributed by atoms with Crippen molar-refractivity contribution in [2.45, 2.75) is 6.92 Å². The predicted octanol–water partition coefficient (Wildman–Crippen LogP) is 2.98. The van der Waals surface area contributed by atoms with Gasteiger partial charge in [0.25, 0.3) is 5.24 Å². The van der Waals surface area contributed by atoms with E-state index >= 15 is 0 Å². The third-order valence-electron chi connectivity index (χ3n) is 1.68. The van der Waals surface area contributed by atoms with Gasteiger partial charge in [-0.15, -0.1) is 6.42 Å². The normalized spacial score (nSPS) is 9.25. The van der Waals surface area contributed by atoms with Gasteiger partial charge in [-0.1, -0.05) is 30.7 Å². The molecule has 1 amide bonds. The molecule has 0 spiro atoms. The lowest BCUT2D eigenvalue weighted by Gasteiger charge is -2.06. The number of hydrogen-bond acceptors (Lipinski definition) is 3. The maximum Gasteiger partial charge on any atom is 0.283 e. The number of ether oxygens (including phenoxy) is 1. The lowest BCUT2D eigenvalue weighted by atomic mass is 10.3. The van der Waals surface area contributed by atoms with Gasteiger partial charge in [-0.25, -0.2) is 0 Å². The summed E-state index contributed by atoms with van der Waals surface area (Å²) in [6, 6.07) is 7.14. The van der Waals surface area contributed by atoms with Crippen molar-refractivity contribution < 1.29 is 9.53 Å². The Hall–Kier alpha value is -1.60. The molecule has 0 heterocycles. The standard InChI is InChI=1S/C12H13NO2S/c1-3-8-15-11-7-5-6-10(9-11)13-12(14)16-4-2/h1,5-7,9H,4,8H2,2H3,(H,13,14). The van der Waals surface area contributed by atoms with Gasteiger partial charge < -0.3 is 10.1 Å². The van der Waals surface area contributed by atoms with Crippen LogP contribution in [0.15, 0.2) is 24.3 Å². The Labute approximate surface area is 99.6 Å². The first-order valence-electron chi connectivity index (χ1n) is 4.86. The molecule has 0 aliphatic heterocycles. The van der Waals surface area contributed by atoms with E-state index in [1.54, 1.807) is 24.3 Å². The summed E-state index contributed by atoms with van der Waals surface area (Å²) in [6.45, 7) is 2.15. The summed E-state index contributed by atoms with van der Waals surface area (Å²) < 4.78 is 5.24. The Balaban J connectivity index is 2.60. The monoisotopic (exact) mass is 235 g/mol. The van der Waals surface area contributed by atoms with E-state index in [9.17, 15) is 4.79 Å². The summed E-state index contributed by atoms with van der Waals surface area (Å²) in [5.74, 6) is 3.78. The zero-order chi connectivity index (χ0) is 11.8. The van der Waals surface area contributed by atoms with Gasteiger partial charge in [-0.3, -0.25) is 4.79 Å². The number of amides is 1. The van der Waals surface area contributed by atoms with Crippen LogP contribution in [-0.4, -0.2) is 17.6 Å². The van der Waals surface area contributed by atoms with Crippen molar-refractivity contribution in [2.75, 3.05) is 17.7 Å². The molecule has 0 fully saturated rings. The van der Waals surface area contributed by atoms with Gasteiger partial charge in [0.2, 0.25) is 0 Å². The van der Waals surface area contributed by atoms with Gasteiger partial charge in [0.15, 0.2) is 0 Å². The number of anilines is 1. The molecular weight excluding hydrogens is 222 g/mol. The number of carbonyl (C=O) groups excluding carboxylic acids is 1. The van der Waals surface area contributed by atoms with E-state index in [-0.39, 0.29) is 11.8 Å². The highest BCUT2D eigenvalue weighted by Crippen LogP contribution is 2.18. The Morgan fingerprint density at radius 1 is 1.62 bits per heavy atom. The quantitative estimate of drug-likeness (QED) is 0.815. The number of nitrogens with one attached hydrogen (secondary N) is 1. The molecule has 0 atom stereocenters. The van der Waals surface area contributed by atoms with E-state index in [1.165, 1.54) is 11.8 Å². The molecule has 3 nitrogen and oxygen atoms in total. The zero-order valence-corrected chi connectivity index (χ0v) is 9.84. The summed E-state index contributed by atoms with van der Waals surface area (Å²) in [5, 5.41) is 2.68. The molecule has 1 rings (SSSR count). The molecule has 4 heteroatoms. The molecule has 1 aromatic rings. The number of benzene rings is 1. The fourth-order valence-electron chi connectivity index (χ4n) is 1.07.